The molecule has 1 saturated carbocycles. The van der Waals surface area contributed by atoms with Crippen molar-refractivity contribution in [2.75, 3.05) is 6.54 Å². The van der Waals surface area contributed by atoms with Crippen molar-refractivity contribution >= 4 is 21.8 Å². The Bertz CT molecular complexity index is 441. The van der Waals surface area contributed by atoms with Gasteiger partial charge in [-0.15, -0.1) is 0 Å². The number of hydrogen-bond acceptors (Lipinski definition) is 2. The Morgan fingerprint density at radius 1 is 1.53 bits per heavy atom. The summed E-state index contributed by atoms with van der Waals surface area (Å²) in [5.74, 6) is -0.196. The fourth-order valence-corrected chi connectivity index (χ4v) is 2.39. The summed E-state index contributed by atoms with van der Waals surface area (Å²) in [6, 6.07) is 4.90. The van der Waals surface area contributed by atoms with Gasteiger partial charge in [0.15, 0.2) is 0 Å². The largest absolute Gasteiger partial charge is 0.507 e. The molecule has 0 unspecified atom stereocenters. The lowest BCUT2D eigenvalue weighted by atomic mass is 9.70. The predicted octanol–water partition coefficient (Wildman–Crippen LogP) is 3.07. The molecule has 0 saturated heterocycles. The van der Waals surface area contributed by atoms with Crippen LogP contribution in [-0.4, -0.2) is 17.6 Å². The highest BCUT2D eigenvalue weighted by molar-refractivity contribution is 9.10. The van der Waals surface area contributed by atoms with Gasteiger partial charge >= 0.3 is 0 Å². The number of amides is 1. The van der Waals surface area contributed by atoms with E-state index in [0.717, 1.165) is 4.47 Å². The first kappa shape index (κ1) is 12.4. The highest BCUT2D eigenvalue weighted by atomic mass is 79.9. The number of aromatic hydroxyl groups is 1. The molecule has 1 aliphatic rings. The third kappa shape index (κ3) is 2.80. The zero-order valence-electron chi connectivity index (χ0n) is 9.79. The molecule has 1 aliphatic carbocycles. The van der Waals surface area contributed by atoms with E-state index < -0.39 is 0 Å². The standard InChI is InChI=1S/C13H16BrNO2/c1-13(5-2-6-13)8-15-12(17)10-4-3-9(14)7-11(10)16/h3-4,7,16H,2,5-6,8H2,1H3,(H,15,17). The van der Waals surface area contributed by atoms with Crippen LogP contribution in [0.1, 0.15) is 36.5 Å². The second kappa shape index (κ2) is 4.69. The fraction of sp³-hybridized carbons (Fsp3) is 0.462. The van der Waals surface area contributed by atoms with Gasteiger partial charge in [0.05, 0.1) is 5.56 Å². The molecule has 0 atom stereocenters. The van der Waals surface area contributed by atoms with Gasteiger partial charge < -0.3 is 10.4 Å². The third-order valence-electron chi connectivity index (χ3n) is 3.44. The van der Waals surface area contributed by atoms with Gasteiger partial charge in [-0.1, -0.05) is 29.3 Å². The summed E-state index contributed by atoms with van der Waals surface area (Å²) in [5.41, 5.74) is 0.580. The van der Waals surface area contributed by atoms with E-state index in [0.29, 0.717) is 12.1 Å². The van der Waals surface area contributed by atoms with Crippen molar-refractivity contribution in [3.63, 3.8) is 0 Å². The Balaban J connectivity index is 1.99. The molecular weight excluding hydrogens is 282 g/mol. The summed E-state index contributed by atoms with van der Waals surface area (Å²) in [6.45, 7) is 2.86. The number of nitrogens with one attached hydrogen (secondary N) is 1. The molecule has 3 nitrogen and oxygen atoms in total. The van der Waals surface area contributed by atoms with E-state index in [1.807, 2.05) is 0 Å². The molecule has 4 heteroatoms. The van der Waals surface area contributed by atoms with Crippen molar-refractivity contribution in [1.82, 2.24) is 5.32 Å². The van der Waals surface area contributed by atoms with E-state index in [2.05, 4.69) is 28.2 Å². The van der Waals surface area contributed by atoms with Gasteiger partial charge in [-0.3, -0.25) is 4.79 Å². The highest BCUT2D eigenvalue weighted by Gasteiger charge is 2.32. The molecule has 92 valence electrons. The monoisotopic (exact) mass is 297 g/mol. The van der Waals surface area contributed by atoms with Gasteiger partial charge in [-0.25, -0.2) is 0 Å². The van der Waals surface area contributed by atoms with Crippen LogP contribution < -0.4 is 5.32 Å². The van der Waals surface area contributed by atoms with Crippen LogP contribution in [0.5, 0.6) is 5.75 Å². The van der Waals surface area contributed by atoms with E-state index in [-0.39, 0.29) is 17.1 Å². The second-order valence-electron chi connectivity index (χ2n) is 5.01. The molecule has 17 heavy (non-hydrogen) atoms. The fourth-order valence-electron chi connectivity index (χ4n) is 2.04. The molecule has 0 aromatic heterocycles. The van der Waals surface area contributed by atoms with Crippen LogP contribution in [-0.2, 0) is 0 Å². The molecular formula is C13H16BrNO2. The summed E-state index contributed by atoms with van der Waals surface area (Å²) < 4.78 is 0.762. The Labute approximate surface area is 109 Å². The number of halogens is 1. The van der Waals surface area contributed by atoms with Crippen molar-refractivity contribution in [2.45, 2.75) is 26.2 Å². The quantitative estimate of drug-likeness (QED) is 0.901. The number of hydrogen-bond donors (Lipinski definition) is 2. The van der Waals surface area contributed by atoms with Crippen LogP contribution in [0.4, 0.5) is 0 Å². The average molecular weight is 298 g/mol. The lowest BCUT2D eigenvalue weighted by Gasteiger charge is -2.38. The number of rotatable bonds is 3. The predicted molar refractivity (Wildman–Crippen MR) is 70.1 cm³/mol. The van der Waals surface area contributed by atoms with Crippen LogP contribution in [0.2, 0.25) is 0 Å². The van der Waals surface area contributed by atoms with E-state index >= 15 is 0 Å². The van der Waals surface area contributed by atoms with Gasteiger partial charge in [-0.2, -0.15) is 0 Å². The number of phenolic OH excluding ortho intramolecular Hbond substituents is 1. The van der Waals surface area contributed by atoms with Gasteiger partial charge in [0.2, 0.25) is 0 Å². The summed E-state index contributed by atoms with van der Waals surface area (Å²) in [5, 5.41) is 12.6. The molecule has 0 aliphatic heterocycles. The average Bonchev–Trinajstić information content (AvgIpc) is 2.23. The number of phenols is 1. The summed E-state index contributed by atoms with van der Waals surface area (Å²) >= 11 is 3.24. The first-order chi connectivity index (χ1) is 8.00. The maximum atomic E-state index is 11.9. The summed E-state index contributed by atoms with van der Waals surface area (Å²) in [4.78, 5) is 11.9. The molecule has 0 heterocycles. The minimum absolute atomic E-state index is 0.00985. The van der Waals surface area contributed by atoms with Crippen LogP contribution in [0.15, 0.2) is 22.7 Å². The Morgan fingerprint density at radius 3 is 2.76 bits per heavy atom. The van der Waals surface area contributed by atoms with Crippen molar-refractivity contribution in [2.24, 2.45) is 5.41 Å². The van der Waals surface area contributed by atoms with E-state index in [9.17, 15) is 9.90 Å². The molecule has 1 aromatic carbocycles. The highest BCUT2D eigenvalue weighted by Crippen LogP contribution is 2.39. The molecule has 2 rings (SSSR count). The molecule has 1 fully saturated rings. The van der Waals surface area contributed by atoms with Crippen LogP contribution >= 0.6 is 15.9 Å². The minimum Gasteiger partial charge on any atom is -0.507 e. The first-order valence-corrected chi connectivity index (χ1v) is 6.56. The number of carbonyl (C=O) groups is 1. The van der Waals surface area contributed by atoms with Crippen molar-refractivity contribution < 1.29 is 9.90 Å². The second-order valence-corrected chi connectivity index (χ2v) is 5.92. The maximum Gasteiger partial charge on any atom is 0.255 e. The normalized spacial score (nSPS) is 17.3. The van der Waals surface area contributed by atoms with Crippen LogP contribution in [0, 0.1) is 5.41 Å². The minimum atomic E-state index is -0.205. The third-order valence-corrected chi connectivity index (χ3v) is 3.93. The number of benzene rings is 1. The zero-order chi connectivity index (χ0) is 12.5. The lowest BCUT2D eigenvalue weighted by molar-refractivity contribution is 0.0888. The van der Waals surface area contributed by atoms with Gasteiger partial charge in [0, 0.05) is 11.0 Å². The van der Waals surface area contributed by atoms with Gasteiger partial charge in [0.25, 0.3) is 5.91 Å². The Morgan fingerprint density at radius 2 is 2.24 bits per heavy atom. The summed E-state index contributed by atoms with van der Waals surface area (Å²) in [7, 11) is 0. The smallest absolute Gasteiger partial charge is 0.255 e. The lowest BCUT2D eigenvalue weighted by Crippen LogP contribution is -2.39. The van der Waals surface area contributed by atoms with Crippen LogP contribution in [0.25, 0.3) is 0 Å². The molecule has 0 bridgehead atoms. The van der Waals surface area contributed by atoms with Crippen molar-refractivity contribution in [1.29, 1.82) is 0 Å². The molecule has 2 N–H and O–H groups in total. The molecule has 0 spiro atoms. The van der Waals surface area contributed by atoms with Gasteiger partial charge in [0.1, 0.15) is 5.75 Å². The zero-order valence-corrected chi connectivity index (χ0v) is 11.4. The van der Waals surface area contributed by atoms with E-state index in [4.69, 9.17) is 0 Å². The van der Waals surface area contributed by atoms with E-state index in [1.165, 1.54) is 25.3 Å². The first-order valence-electron chi connectivity index (χ1n) is 5.77. The molecule has 1 aromatic rings. The summed E-state index contributed by atoms with van der Waals surface area (Å²) in [6.07, 6.45) is 3.58. The van der Waals surface area contributed by atoms with E-state index in [1.54, 1.807) is 12.1 Å². The van der Waals surface area contributed by atoms with Crippen LogP contribution in [0.3, 0.4) is 0 Å². The Kier molecular flexibility index (Phi) is 3.43. The molecule has 1 amide bonds. The van der Waals surface area contributed by atoms with Crippen molar-refractivity contribution in [3.05, 3.63) is 28.2 Å². The van der Waals surface area contributed by atoms with Crippen molar-refractivity contribution in [3.8, 4) is 5.75 Å². The Hall–Kier alpha value is -1.03. The maximum absolute atomic E-state index is 11.9. The SMILES string of the molecule is CC1(CNC(=O)c2ccc(Br)cc2O)CCC1. The van der Waals surface area contributed by atoms with Gasteiger partial charge in [-0.05, 0) is 36.5 Å². The number of carbonyl (C=O) groups excluding carboxylic acids is 1. The molecule has 0 radical (unpaired) electrons. The topological polar surface area (TPSA) is 49.3 Å².